The molecular formula is C13H15ClN4. The summed E-state index contributed by atoms with van der Waals surface area (Å²) in [5, 5.41) is 4.85. The van der Waals surface area contributed by atoms with Gasteiger partial charge in [0.1, 0.15) is 11.0 Å². The van der Waals surface area contributed by atoms with Crippen molar-refractivity contribution in [2.75, 3.05) is 0 Å². The van der Waals surface area contributed by atoms with Gasteiger partial charge in [0, 0.05) is 29.8 Å². The van der Waals surface area contributed by atoms with Gasteiger partial charge in [-0.05, 0) is 26.7 Å². The van der Waals surface area contributed by atoms with E-state index in [0.29, 0.717) is 11.1 Å². The van der Waals surface area contributed by atoms with Crippen molar-refractivity contribution < 1.29 is 0 Å². The van der Waals surface area contributed by atoms with Crippen LogP contribution in [-0.2, 0) is 6.54 Å². The van der Waals surface area contributed by atoms with Crippen molar-refractivity contribution in [3.05, 3.63) is 28.9 Å². The highest BCUT2D eigenvalue weighted by Gasteiger charge is 2.28. The van der Waals surface area contributed by atoms with Gasteiger partial charge in [-0.25, -0.2) is 9.97 Å². The van der Waals surface area contributed by atoms with Gasteiger partial charge in [0.15, 0.2) is 0 Å². The molecule has 0 amide bonds. The molecule has 5 heteroatoms. The van der Waals surface area contributed by atoms with Gasteiger partial charge in [-0.2, -0.15) is 5.10 Å². The van der Waals surface area contributed by atoms with E-state index >= 15 is 0 Å². The van der Waals surface area contributed by atoms with Gasteiger partial charge in [-0.1, -0.05) is 11.6 Å². The van der Waals surface area contributed by atoms with Crippen molar-refractivity contribution in [3.63, 3.8) is 0 Å². The summed E-state index contributed by atoms with van der Waals surface area (Å²) in [6.07, 6.45) is 6.19. The Kier molecular flexibility index (Phi) is 2.82. The number of nitrogens with zero attached hydrogens (tertiary/aromatic N) is 4. The third-order valence-electron chi connectivity index (χ3n) is 3.28. The summed E-state index contributed by atoms with van der Waals surface area (Å²) < 4.78 is 1.89. The smallest absolute Gasteiger partial charge is 0.136 e. The van der Waals surface area contributed by atoms with Gasteiger partial charge in [0.05, 0.1) is 11.9 Å². The molecule has 4 nitrogen and oxygen atoms in total. The molecule has 94 valence electrons. The average Bonchev–Trinajstić information content (AvgIpc) is 3.11. The molecular weight excluding hydrogens is 248 g/mol. The second-order valence-corrected chi connectivity index (χ2v) is 5.06. The van der Waals surface area contributed by atoms with Gasteiger partial charge >= 0.3 is 0 Å². The van der Waals surface area contributed by atoms with Crippen LogP contribution in [0.25, 0.3) is 11.3 Å². The monoisotopic (exact) mass is 262 g/mol. The first-order chi connectivity index (χ1) is 8.69. The maximum Gasteiger partial charge on any atom is 0.136 e. The van der Waals surface area contributed by atoms with Gasteiger partial charge in [0.25, 0.3) is 0 Å². The Morgan fingerprint density at radius 2 is 2.17 bits per heavy atom. The van der Waals surface area contributed by atoms with Crippen LogP contribution in [0, 0.1) is 6.92 Å². The van der Waals surface area contributed by atoms with Gasteiger partial charge in [0.2, 0.25) is 0 Å². The lowest BCUT2D eigenvalue weighted by Gasteiger charge is -2.07. The summed E-state index contributed by atoms with van der Waals surface area (Å²) >= 11 is 6.20. The summed E-state index contributed by atoms with van der Waals surface area (Å²) in [5.74, 6) is 1.38. The van der Waals surface area contributed by atoms with Crippen LogP contribution in [0.4, 0.5) is 0 Å². The predicted octanol–water partition coefficient (Wildman–Crippen LogP) is 3.20. The van der Waals surface area contributed by atoms with Gasteiger partial charge < -0.3 is 0 Å². The van der Waals surface area contributed by atoms with Crippen LogP contribution in [0.2, 0.25) is 5.15 Å². The van der Waals surface area contributed by atoms with Crippen LogP contribution in [0.15, 0.2) is 12.4 Å². The van der Waals surface area contributed by atoms with Crippen molar-refractivity contribution in [2.24, 2.45) is 0 Å². The molecule has 0 unspecified atom stereocenters. The fourth-order valence-corrected chi connectivity index (χ4v) is 2.15. The minimum atomic E-state index is 0.503. The van der Waals surface area contributed by atoms with Crippen LogP contribution >= 0.6 is 11.6 Å². The maximum atomic E-state index is 6.20. The Balaban J connectivity index is 2.08. The SMILES string of the molecule is CCn1cc(-c2nc(C3CC3)nc(Cl)c2C)cn1. The van der Waals surface area contributed by atoms with E-state index in [2.05, 4.69) is 22.0 Å². The van der Waals surface area contributed by atoms with Crippen LogP contribution in [0.1, 0.15) is 37.1 Å². The maximum absolute atomic E-state index is 6.20. The van der Waals surface area contributed by atoms with E-state index in [0.717, 1.165) is 29.2 Å². The molecule has 2 aromatic rings. The molecule has 3 rings (SSSR count). The van der Waals surface area contributed by atoms with E-state index in [9.17, 15) is 0 Å². The average molecular weight is 263 g/mol. The lowest BCUT2D eigenvalue weighted by molar-refractivity contribution is 0.660. The normalized spacial score (nSPS) is 15.1. The fourth-order valence-electron chi connectivity index (χ4n) is 1.97. The predicted molar refractivity (Wildman–Crippen MR) is 70.6 cm³/mol. The standard InChI is InChI=1S/C13H15ClN4/c1-3-18-7-10(6-15-18)11-8(2)12(14)17-13(16-11)9-4-5-9/h6-7,9H,3-5H2,1-2H3. The number of hydrogen-bond acceptors (Lipinski definition) is 3. The molecule has 0 saturated heterocycles. The summed E-state index contributed by atoms with van der Waals surface area (Å²) in [6.45, 7) is 4.87. The van der Waals surface area contributed by atoms with Crippen molar-refractivity contribution in [2.45, 2.75) is 39.2 Å². The first kappa shape index (κ1) is 11.7. The van der Waals surface area contributed by atoms with E-state index in [4.69, 9.17) is 11.6 Å². The highest BCUT2D eigenvalue weighted by molar-refractivity contribution is 6.30. The molecule has 0 bridgehead atoms. The molecule has 1 aliphatic carbocycles. The van der Waals surface area contributed by atoms with Crippen molar-refractivity contribution >= 4 is 11.6 Å². The third-order valence-corrected chi connectivity index (χ3v) is 3.64. The molecule has 0 aromatic carbocycles. The van der Waals surface area contributed by atoms with Gasteiger partial charge in [-0.15, -0.1) is 0 Å². The number of aryl methyl sites for hydroxylation is 1. The Hall–Kier alpha value is -1.42. The highest BCUT2D eigenvalue weighted by Crippen LogP contribution is 2.39. The van der Waals surface area contributed by atoms with Crippen molar-refractivity contribution in [1.29, 1.82) is 0 Å². The van der Waals surface area contributed by atoms with Crippen LogP contribution in [0.5, 0.6) is 0 Å². The van der Waals surface area contributed by atoms with Gasteiger partial charge in [-0.3, -0.25) is 4.68 Å². The number of aromatic nitrogens is 4. The number of rotatable bonds is 3. The first-order valence-corrected chi connectivity index (χ1v) is 6.63. The minimum Gasteiger partial charge on any atom is -0.272 e. The summed E-state index contributed by atoms with van der Waals surface area (Å²) in [6, 6.07) is 0. The van der Waals surface area contributed by atoms with Crippen molar-refractivity contribution in [3.8, 4) is 11.3 Å². The van der Waals surface area contributed by atoms with E-state index in [-0.39, 0.29) is 0 Å². The lowest BCUT2D eigenvalue weighted by Crippen LogP contribution is -1.99. The second-order valence-electron chi connectivity index (χ2n) is 4.71. The lowest BCUT2D eigenvalue weighted by atomic mass is 10.1. The quantitative estimate of drug-likeness (QED) is 0.798. The molecule has 1 fully saturated rings. The van der Waals surface area contributed by atoms with E-state index in [1.54, 1.807) is 0 Å². The van der Waals surface area contributed by atoms with E-state index in [1.807, 2.05) is 24.0 Å². The second kappa shape index (κ2) is 4.35. The Morgan fingerprint density at radius 1 is 1.39 bits per heavy atom. The molecule has 18 heavy (non-hydrogen) atoms. The zero-order valence-corrected chi connectivity index (χ0v) is 11.3. The topological polar surface area (TPSA) is 43.6 Å². The molecule has 0 aliphatic heterocycles. The Bertz CT molecular complexity index is 587. The van der Waals surface area contributed by atoms with E-state index in [1.165, 1.54) is 12.8 Å². The first-order valence-electron chi connectivity index (χ1n) is 6.26. The number of hydrogen-bond donors (Lipinski definition) is 0. The molecule has 2 aromatic heterocycles. The molecule has 1 saturated carbocycles. The van der Waals surface area contributed by atoms with Crippen LogP contribution in [0.3, 0.4) is 0 Å². The molecule has 0 N–H and O–H groups in total. The molecule has 2 heterocycles. The molecule has 0 radical (unpaired) electrons. The minimum absolute atomic E-state index is 0.503. The molecule has 1 aliphatic rings. The summed E-state index contributed by atoms with van der Waals surface area (Å²) in [5.41, 5.74) is 2.86. The van der Waals surface area contributed by atoms with Crippen molar-refractivity contribution in [1.82, 2.24) is 19.7 Å². The van der Waals surface area contributed by atoms with E-state index < -0.39 is 0 Å². The fraction of sp³-hybridized carbons (Fsp3) is 0.462. The Morgan fingerprint density at radius 3 is 2.78 bits per heavy atom. The molecule has 0 spiro atoms. The summed E-state index contributed by atoms with van der Waals surface area (Å²) in [7, 11) is 0. The molecule has 0 atom stereocenters. The number of halogens is 1. The zero-order valence-electron chi connectivity index (χ0n) is 10.5. The Labute approximate surface area is 111 Å². The van der Waals surface area contributed by atoms with Crippen LogP contribution < -0.4 is 0 Å². The summed E-state index contributed by atoms with van der Waals surface area (Å²) in [4.78, 5) is 9.04. The largest absolute Gasteiger partial charge is 0.272 e. The van der Waals surface area contributed by atoms with Crippen LogP contribution in [-0.4, -0.2) is 19.7 Å². The zero-order chi connectivity index (χ0) is 12.7. The third kappa shape index (κ3) is 2.01. The highest BCUT2D eigenvalue weighted by atomic mass is 35.5.